The maximum absolute atomic E-state index is 11.7. The average molecular weight is 303 g/mol. The summed E-state index contributed by atoms with van der Waals surface area (Å²) >= 11 is 0. The Morgan fingerprint density at radius 1 is 1.05 bits per heavy atom. The molecule has 1 aliphatic heterocycles. The number of unbranched alkanes of at least 4 members (excludes halogenated alkanes) is 1. The van der Waals surface area contributed by atoms with Gasteiger partial charge in [-0.15, -0.1) is 12.4 Å². The summed E-state index contributed by atoms with van der Waals surface area (Å²) in [4.78, 5) is 14.2. The van der Waals surface area contributed by atoms with Crippen molar-refractivity contribution in [2.24, 2.45) is 5.92 Å². The van der Waals surface area contributed by atoms with Crippen LogP contribution in [0.2, 0.25) is 0 Å². The van der Waals surface area contributed by atoms with Gasteiger partial charge in [0.2, 0.25) is 5.91 Å². The predicted octanol–water partition coefficient (Wildman–Crippen LogP) is 3.37. The number of amides is 1. The molecule has 1 saturated heterocycles. The van der Waals surface area contributed by atoms with E-state index in [2.05, 4.69) is 10.2 Å². The van der Waals surface area contributed by atoms with Gasteiger partial charge in [-0.2, -0.15) is 0 Å². The van der Waals surface area contributed by atoms with Crippen molar-refractivity contribution >= 4 is 18.3 Å². The Morgan fingerprint density at radius 2 is 1.75 bits per heavy atom. The van der Waals surface area contributed by atoms with Crippen LogP contribution in [0, 0.1) is 5.92 Å². The predicted molar refractivity (Wildman–Crippen MR) is 86.4 cm³/mol. The lowest BCUT2D eigenvalue weighted by Crippen LogP contribution is -2.26. The Bertz CT molecular complexity index is 261. The maximum Gasteiger partial charge on any atom is 0.220 e. The Balaban J connectivity index is 0.00000200. The van der Waals surface area contributed by atoms with Gasteiger partial charge in [0, 0.05) is 13.0 Å². The quantitative estimate of drug-likeness (QED) is 0.697. The molecule has 20 heavy (non-hydrogen) atoms. The van der Waals surface area contributed by atoms with Gasteiger partial charge in [-0.05, 0) is 57.7 Å². The van der Waals surface area contributed by atoms with Crippen LogP contribution in [0.4, 0.5) is 0 Å². The van der Waals surface area contributed by atoms with Gasteiger partial charge in [-0.3, -0.25) is 4.79 Å². The number of hydrogen-bond acceptors (Lipinski definition) is 2. The van der Waals surface area contributed by atoms with Crippen LogP contribution in [0.5, 0.6) is 0 Å². The van der Waals surface area contributed by atoms with E-state index in [1.165, 1.54) is 64.6 Å². The van der Waals surface area contributed by atoms with Gasteiger partial charge in [-0.1, -0.05) is 25.7 Å². The summed E-state index contributed by atoms with van der Waals surface area (Å²) in [6.07, 6.45) is 12.4. The SMILES string of the molecule is Cl.O=C(CCC1CCCC1)NCCCCN1CCCC1. The van der Waals surface area contributed by atoms with Crippen LogP contribution in [0.3, 0.4) is 0 Å². The molecule has 0 aromatic heterocycles. The third kappa shape index (κ3) is 6.94. The molecule has 0 radical (unpaired) electrons. The molecule has 2 aliphatic rings. The van der Waals surface area contributed by atoms with Gasteiger partial charge in [0.1, 0.15) is 0 Å². The van der Waals surface area contributed by atoms with Gasteiger partial charge < -0.3 is 10.2 Å². The highest BCUT2D eigenvalue weighted by Crippen LogP contribution is 2.28. The highest BCUT2D eigenvalue weighted by Gasteiger charge is 2.16. The zero-order chi connectivity index (χ0) is 13.3. The van der Waals surface area contributed by atoms with Crippen LogP contribution >= 0.6 is 12.4 Å². The van der Waals surface area contributed by atoms with Crippen molar-refractivity contribution in [3.05, 3.63) is 0 Å². The summed E-state index contributed by atoms with van der Waals surface area (Å²) < 4.78 is 0. The van der Waals surface area contributed by atoms with E-state index in [0.717, 1.165) is 31.7 Å². The lowest BCUT2D eigenvalue weighted by atomic mass is 10.0. The fraction of sp³-hybridized carbons (Fsp3) is 0.938. The minimum Gasteiger partial charge on any atom is -0.356 e. The monoisotopic (exact) mass is 302 g/mol. The Hall–Kier alpha value is -0.280. The van der Waals surface area contributed by atoms with Crippen LogP contribution in [-0.4, -0.2) is 37.0 Å². The first-order valence-electron chi connectivity index (χ1n) is 8.33. The fourth-order valence-electron chi connectivity index (χ4n) is 3.42. The van der Waals surface area contributed by atoms with Gasteiger partial charge >= 0.3 is 0 Å². The van der Waals surface area contributed by atoms with Gasteiger partial charge in [0.25, 0.3) is 0 Å². The minimum atomic E-state index is 0. The highest BCUT2D eigenvalue weighted by atomic mass is 35.5. The molecule has 1 saturated carbocycles. The van der Waals surface area contributed by atoms with E-state index in [0.29, 0.717) is 0 Å². The van der Waals surface area contributed by atoms with Crippen LogP contribution in [0.15, 0.2) is 0 Å². The van der Waals surface area contributed by atoms with Crippen molar-refractivity contribution in [2.75, 3.05) is 26.2 Å². The van der Waals surface area contributed by atoms with E-state index < -0.39 is 0 Å². The second kappa shape index (κ2) is 10.4. The molecule has 1 aliphatic carbocycles. The second-order valence-corrected chi connectivity index (χ2v) is 6.29. The number of rotatable bonds is 8. The summed E-state index contributed by atoms with van der Waals surface area (Å²) in [5.41, 5.74) is 0. The Morgan fingerprint density at radius 3 is 2.45 bits per heavy atom. The van der Waals surface area contributed by atoms with Gasteiger partial charge in [0.05, 0.1) is 0 Å². The van der Waals surface area contributed by atoms with E-state index in [1.807, 2.05) is 0 Å². The second-order valence-electron chi connectivity index (χ2n) is 6.29. The fourth-order valence-corrected chi connectivity index (χ4v) is 3.42. The van der Waals surface area contributed by atoms with Crippen LogP contribution in [-0.2, 0) is 4.79 Å². The number of nitrogens with one attached hydrogen (secondary N) is 1. The van der Waals surface area contributed by atoms with E-state index in [1.54, 1.807) is 0 Å². The molecule has 118 valence electrons. The first-order chi connectivity index (χ1) is 9.34. The summed E-state index contributed by atoms with van der Waals surface area (Å²) in [7, 11) is 0. The zero-order valence-corrected chi connectivity index (χ0v) is 13.6. The zero-order valence-electron chi connectivity index (χ0n) is 12.7. The first kappa shape index (κ1) is 17.8. The standard InChI is InChI=1S/C16H30N2O.ClH/c19-16(10-9-15-7-1-2-8-15)17-11-3-4-12-18-13-5-6-14-18;/h15H,1-14H2,(H,17,19);1H. The first-order valence-corrected chi connectivity index (χ1v) is 8.33. The molecule has 0 aromatic carbocycles. The largest absolute Gasteiger partial charge is 0.356 e. The number of hydrogen-bond donors (Lipinski definition) is 1. The highest BCUT2D eigenvalue weighted by molar-refractivity contribution is 5.85. The van der Waals surface area contributed by atoms with Crippen LogP contribution in [0.1, 0.15) is 64.2 Å². The molecule has 1 amide bonds. The summed E-state index contributed by atoms with van der Waals surface area (Å²) in [5.74, 6) is 1.11. The van der Waals surface area contributed by atoms with E-state index in [9.17, 15) is 4.79 Å². The Kier molecular flexibility index (Phi) is 9.28. The normalized spacial score (nSPS) is 20.0. The number of carbonyl (C=O) groups excluding carboxylic acids is 1. The van der Waals surface area contributed by atoms with Gasteiger partial charge in [-0.25, -0.2) is 0 Å². The molecule has 3 nitrogen and oxygen atoms in total. The van der Waals surface area contributed by atoms with E-state index in [-0.39, 0.29) is 18.3 Å². The van der Waals surface area contributed by atoms with Crippen LogP contribution in [0.25, 0.3) is 0 Å². The van der Waals surface area contributed by atoms with Crippen molar-refractivity contribution in [3.8, 4) is 0 Å². The van der Waals surface area contributed by atoms with E-state index in [4.69, 9.17) is 0 Å². The lowest BCUT2D eigenvalue weighted by Gasteiger charge is -2.14. The molecule has 4 heteroatoms. The summed E-state index contributed by atoms with van der Waals surface area (Å²) in [6.45, 7) is 4.66. The van der Waals surface area contributed by atoms with Crippen molar-refractivity contribution in [2.45, 2.75) is 64.2 Å². The lowest BCUT2D eigenvalue weighted by molar-refractivity contribution is -0.121. The van der Waals surface area contributed by atoms with Crippen molar-refractivity contribution in [3.63, 3.8) is 0 Å². The summed E-state index contributed by atoms with van der Waals surface area (Å²) in [5, 5.41) is 3.07. The number of halogens is 1. The minimum absolute atomic E-state index is 0. The molecular weight excluding hydrogens is 272 g/mol. The third-order valence-electron chi connectivity index (χ3n) is 4.68. The van der Waals surface area contributed by atoms with Crippen molar-refractivity contribution in [1.29, 1.82) is 0 Å². The molecular formula is C16H31ClN2O. The van der Waals surface area contributed by atoms with Gasteiger partial charge in [0.15, 0.2) is 0 Å². The molecule has 0 aromatic rings. The molecule has 2 fully saturated rings. The number of likely N-dealkylation sites (tertiary alicyclic amines) is 1. The Labute approximate surface area is 130 Å². The molecule has 0 bridgehead atoms. The average Bonchev–Trinajstić information content (AvgIpc) is 3.09. The third-order valence-corrected chi connectivity index (χ3v) is 4.68. The smallest absolute Gasteiger partial charge is 0.220 e. The number of nitrogens with zero attached hydrogens (tertiary/aromatic N) is 1. The van der Waals surface area contributed by atoms with Crippen LogP contribution < -0.4 is 5.32 Å². The molecule has 1 N–H and O–H groups in total. The number of carbonyl (C=O) groups is 1. The maximum atomic E-state index is 11.7. The molecule has 0 spiro atoms. The topological polar surface area (TPSA) is 32.3 Å². The molecule has 0 unspecified atom stereocenters. The van der Waals surface area contributed by atoms with Crippen molar-refractivity contribution in [1.82, 2.24) is 10.2 Å². The van der Waals surface area contributed by atoms with E-state index >= 15 is 0 Å². The molecule has 2 rings (SSSR count). The molecule has 0 atom stereocenters. The molecule has 1 heterocycles. The van der Waals surface area contributed by atoms with Crippen molar-refractivity contribution < 1.29 is 4.79 Å². The summed E-state index contributed by atoms with van der Waals surface area (Å²) in [6, 6.07) is 0.